The first-order valence-corrected chi connectivity index (χ1v) is 23.2. The van der Waals surface area contributed by atoms with Crippen molar-refractivity contribution in [2.75, 3.05) is 21.7 Å². The van der Waals surface area contributed by atoms with Gasteiger partial charge in [-0.05, 0) is 124 Å². The molecule has 78 heavy (non-hydrogen) atoms. The molecule has 4 amide bonds. The first-order valence-electron chi connectivity index (χ1n) is 23.2. The predicted molar refractivity (Wildman–Crippen MR) is 267 cm³/mol. The molecule has 0 spiro atoms. The molecule has 6 heterocycles. The highest BCUT2D eigenvalue weighted by Crippen LogP contribution is 2.43. The van der Waals surface area contributed by atoms with Gasteiger partial charge in [-0.25, -0.2) is 9.97 Å². The van der Waals surface area contributed by atoms with Crippen LogP contribution in [0, 0.1) is 22.7 Å². The Labute approximate surface area is 436 Å². The quantitative estimate of drug-likeness (QED) is 0.0738. The van der Waals surface area contributed by atoms with Crippen LogP contribution in [0.2, 0.25) is 0 Å². The molecule has 10 rings (SSSR count). The van der Waals surface area contributed by atoms with Crippen LogP contribution in [0.1, 0.15) is 66.2 Å². The molecular weight excluding hydrogens is 1020 g/mol. The Balaban J connectivity index is 1.05. The third-order valence-electron chi connectivity index (χ3n) is 12.7. The van der Waals surface area contributed by atoms with Gasteiger partial charge in [0.05, 0.1) is 53.2 Å². The van der Waals surface area contributed by atoms with E-state index in [1.807, 2.05) is 0 Å². The van der Waals surface area contributed by atoms with Gasteiger partial charge in [0.1, 0.15) is 36.8 Å². The van der Waals surface area contributed by atoms with Gasteiger partial charge < -0.3 is 16.8 Å². The van der Waals surface area contributed by atoms with Crippen LogP contribution in [0.15, 0.2) is 116 Å². The average Bonchev–Trinajstić information content (AvgIpc) is 4.41. The number of hydrogen-bond donors (Lipinski definition) is 3. The summed E-state index contributed by atoms with van der Waals surface area (Å²) >= 11 is 0. The fraction of sp³-hybridized carbons (Fsp3) is 0.132. The van der Waals surface area contributed by atoms with Gasteiger partial charge in [-0.2, -0.15) is 36.9 Å². The van der Waals surface area contributed by atoms with Gasteiger partial charge in [0, 0.05) is 41.3 Å². The van der Waals surface area contributed by atoms with Crippen LogP contribution in [-0.4, -0.2) is 69.7 Å². The molecule has 2 aliphatic heterocycles. The third kappa shape index (κ3) is 9.75. The number of aromatic nitrogens is 8. The van der Waals surface area contributed by atoms with E-state index in [2.05, 4.69) is 47.8 Å². The van der Waals surface area contributed by atoms with E-state index in [-0.39, 0.29) is 98.9 Å². The maximum atomic E-state index is 14.2. The molecule has 0 bridgehead atoms. The fourth-order valence-electron chi connectivity index (χ4n) is 9.25. The van der Waals surface area contributed by atoms with Crippen LogP contribution in [-0.2, 0) is 41.7 Å². The number of nitrogens with zero attached hydrogens (tertiary/aromatic N) is 12. The second kappa shape index (κ2) is 20.0. The van der Waals surface area contributed by atoms with Crippen LogP contribution in [0.3, 0.4) is 0 Å². The van der Waals surface area contributed by atoms with Crippen LogP contribution >= 0.6 is 0 Å². The van der Waals surface area contributed by atoms with Crippen LogP contribution in [0.5, 0.6) is 0 Å². The number of fused-ring (bicyclic) bond motifs is 2. The third-order valence-corrected chi connectivity index (χ3v) is 12.7. The van der Waals surface area contributed by atoms with Gasteiger partial charge in [-0.15, -0.1) is 20.4 Å². The molecule has 0 radical (unpaired) electrons. The lowest BCUT2D eigenvalue weighted by Gasteiger charge is -2.19. The first-order chi connectivity index (χ1) is 37.3. The van der Waals surface area contributed by atoms with E-state index in [1.165, 1.54) is 79.4 Å². The van der Waals surface area contributed by atoms with Gasteiger partial charge in [-0.3, -0.25) is 38.1 Å². The van der Waals surface area contributed by atoms with Gasteiger partial charge in [-0.1, -0.05) is 12.1 Å². The lowest BCUT2D eigenvalue weighted by molar-refractivity contribution is -0.139. The lowest BCUT2D eigenvalue weighted by Crippen LogP contribution is -2.25. The number of alkyl halides is 6. The average molecular weight is 1060 g/mol. The lowest BCUT2D eigenvalue weighted by atomic mass is 9.96. The number of rotatable bonds is 13. The van der Waals surface area contributed by atoms with Crippen molar-refractivity contribution in [3.05, 3.63) is 166 Å². The monoisotopic (exact) mass is 1060 g/mol. The first kappa shape index (κ1) is 51.1. The highest BCUT2D eigenvalue weighted by Gasteiger charge is 2.42. The van der Waals surface area contributed by atoms with E-state index in [4.69, 9.17) is 11.5 Å². The molecule has 0 unspecified atom stereocenters. The highest BCUT2D eigenvalue weighted by molar-refractivity contribution is 6.11. The van der Waals surface area contributed by atoms with Crippen LogP contribution in [0.4, 0.5) is 43.8 Å². The second-order valence-electron chi connectivity index (χ2n) is 17.6. The largest absolute Gasteiger partial charge is 0.416 e. The number of pyridine rings is 2. The zero-order valence-corrected chi connectivity index (χ0v) is 40.0. The van der Waals surface area contributed by atoms with E-state index in [9.17, 15) is 56.0 Å². The fourth-order valence-corrected chi connectivity index (χ4v) is 9.25. The van der Waals surface area contributed by atoms with Crippen molar-refractivity contribution in [1.82, 2.24) is 39.5 Å². The van der Waals surface area contributed by atoms with Crippen molar-refractivity contribution in [2.45, 2.75) is 38.5 Å². The summed E-state index contributed by atoms with van der Waals surface area (Å²) in [7, 11) is 0. The maximum absolute atomic E-state index is 14.2. The molecule has 0 aliphatic carbocycles. The number of anilines is 3. The highest BCUT2D eigenvalue weighted by atomic mass is 19.4. The van der Waals surface area contributed by atoms with Gasteiger partial charge >= 0.3 is 12.4 Å². The summed E-state index contributed by atoms with van der Waals surface area (Å²) in [5.41, 5.74) is 10.4. The summed E-state index contributed by atoms with van der Waals surface area (Å²) in [6, 6.07) is 25.8. The van der Waals surface area contributed by atoms with Crippen molar-refractivity contribution < 1.29 is 45.5 Å². The summed E-state index contributed by atoms with van der Waals surface area (Å²) in [5.74, 6) is -2.86. The molecule has 2 aliphatic rings. The normalized spacial score (nSPS) is 13.2. The number of halogens is 6. The molecule has 0 saturated carbocycles. The van der Waals surface area contributed by atoms with Gasteiger partial charge in [0.15, 0.2) is 11.6 Å². The number of primary amides is 1. The predicted octanol–water partition coefficient (Wildman–Crippen LogP) is 7.72. The van der Waals surface area contributed by atoms with Crippen LogP contribution in [0.25, 0.3) is 51.1 Å². The zero-order chi connectivity index (χ0) is 55.2. The second-order valence-corrected chi connectivity index (χ2v) is 17.6. The Bertz CT molecular complexity index is 3930. The number of benzene rings is 4. The Morgan fingerprint density at radius 1 is 0.654 bits per heavy atom. The minimum absolute atomic E-state index is 0.0288. The molecule has 0 fully saturated rings. The minimum atomic E-state index is -4.78. The molecule has 25 heteroatoms. The van der Waals surface area contributed by atoms with E-state index in [0.717, 1.165) is 40.1 Å². The maximum Gasteiger partial charge on any atom is 0.416 e. The number of nitriles is 2. The molecule has 19 nitrogen and oxygen atoms in total. The van der Waals surface area contributed by atoms with Crippen molar-refractivity contribution in [3.8, 4) is 57.2 Å². The van der Waals surface area contributed by atoms with Gasteiger partial charge in [0.2, 0.25) is 11.8 Å². The molecule has 4 aromatic carbocycles. The Hall–Kier alpha value is -10.4. The topological polar surface area (TPSA) is 274 Å². The number of carbonyl (C=O) groups is 4. The van der Waals surface area contributed by atoms with Crippen molar-refractivity contribution in [2.24, 2.45) is 11.5 Å². The van der Waals surface area contributed by atoms with E-state index < -0.39 is 60.2 Å². The number of carbonyl (C=O) groups excluding carboxylic acids is 4. The number of nitrogens with two attached hydrogens (primary N) is 2. The van der Waals surface area contributed by atoms with E-state index >= 15 is 0 Å². The van der Waals surface area contributed by atoms with Crippen molar-refractivity contribution >= 4 is 47.2 Å². The summed E-state index contributed by atoms with van der Waals surface area (Å²) in [6.45, 7) is -1.15. The SMILES string of the molecule is N#Cc1ccc(-c2nncn2Cn2cnnc2-c2ccc(C#N)cc2-c2cc(NC(=O)CCN)nc(N3Cc4c(cccc4C(F)(F)F)C3=O)c2)c(-c2cc(/C=C/C(N)=O)nc(N3Cc4c(cccc4C(F)(F)F)C3=O)c2)c1. The molecule has 388 valence electrons. The molecule has 5 N–H and O–H groups in total. The van der Waals surface area contributed by atoms with Crippen molar-refractivity contribution in [1.29, 1.82) is 10.5 Å². The summed E-state index contributed by atoms with van der Waals surface area (Å²) in [6.07, 6.45) is -4.63. The molecule has 0 saturated heterocycles. The van der Waals surface area contributed by atoms with Gasteiger partial charge in [0.25, 0.3) is 11.8 Å². The van der Waals surface area contributed by atoms with E-state index in [1.54, 1.807) is 21.3 Å². The number of nitrogens with one attached hydrogen (secondary N) is 1. The standard InChI is InChI=1S/C53H35F6N15O4/c54-52(55,56)41-5-1-3-35-39(41)23-73(50(35)77)45-19-30(17-32(66-45)9-12-43(63)75)37-15-28(21-61)7-10-33(37)48-69-64-25-71(48)27-72-26-65-70-49(72)34-11-8-29(22-62)16-38(34)31-18-44(68-47(76)13-14-60)67-46(20-31)74-24-40-36(51(74)78)4-2-6-42(40)53(57,58)59/h1-12,15-20,25-26H,13-14,23-24,27,60H2,(H2,63,75)(H,67,68,76)/b12-9+. The number of hydrogen-bond acceptors (Lipinski definition) is 13. The minimum Gasteiger partial charge on any atom is -0.366 e. The van der Waals surface area contributed by atoms with E-state index in [0.29, 0.717) is 22.3 Å². The van der Waals surface area contributed by atoms with Crippen LogP contribution < -0.4 is 26.6 Å². The Morgan fingerprint density at radius 3 is 1.63 bits per heavy atom. The molecule has 8 aromatic rings. The number of amides is 4. The Morgan fingerprint density at radius 2 is 1.15 bits per heavy atom. The molecule has 4 aromatic heterocycles. The molecular formula is C53H35F6N15O4. The van der Waals surface area contributed by atoms with Crippen molar-refractivity contribution in [3.63, 3.8) is 0 Å². The Kier molecular flexibility index (Phi) is 13.1. The smallest absolute Gasteiger partial charge is 0.366 e. The summed E-state index contributed by atoms with van der Waals surface area (Å²) in [4.78, 5) is 63.6. The summed E-state index contributed by atoms with van der Waals surface area (Å²) in [5, 5.41) is 40.1. The zero-order valence-electron chi connectivity index (χ0n) is 40.0. The molecule has 0 atom stereocenters. The summed E-state index contributed by atoms with van der Waals surface area (Å²) < 4.78 is 88.2.